The van der Waals surface area contributed by atoms with Gasteiger partial charge >= 0.3 is 0 Å². The largest absolute Gasteiger partial charge is 0.235 e. The molecule has 2 aliphatic rings. The molecule has 2 aromatic heterocycles. The molecular weight excluding hydrogens is 795 g/mol. The summed E-state index contributed by atoms with van der Waals surface area (Å²) in [6.07, 6.45) is 0. The first kappa shape index (κ1) is 35.5. The van der Waals surface area contributed by atoms with Crippen LogP contribution in [-0.4, -0.2) is 15.0 Å². The number of hydrogen-bond donors (Lipinski definition) is 0. The lowest BCUT2D eigenvalue weighted by molar-refractivity contribution is 0.795. The van der Waals surface area contributed by atoms with E-state index in [-0.39, 0.29) is 0 Å². The van der Waals surface area contributed by atoms with Gasteiger partial charge in [-0.1, -0.05) is 176 Å². The van der Waals surface area contributed by atoms with Gasteiger partial charge < -0.3 is 0 Å². The van der Waals surface area contributed by atoms with Gasteiger partial charge in [0.15, 0.2) is 5.82 Å². The van der Waals surface area contributed by atoms with Crippen molar-refractivity contribution in [2.75, 3.05) is 0 Å². The maximum Gasteiger partial charge on any atom is 0.160 e. The number of fused-ring (bicyclic) bond motifs is 16. The van der Waals surface area contributed by atoms with Crippen LogP contribution in [0.15, 0.2) is 212 Å². The van der Waals surface area contributed by atoms with E-state index in [1.165, 1.54) is 76.1 Å². The Morgan fingerprint density at radius 3 is 1.66 bits per heavy atom. The summed E-state index contributed by atoms with van der Waals surface area (Å²) in [4.78, 5) is 15.8. The number of thiazole rings is 1. The van der Waals surface area contributed by atoms with Crippen molar-refractivity contribution < 1.29 is 0 Å². The van der Waals surface area contributed by atoms with E-state index in [1.54, 1.807) is 11.3 Å². The van der Waals surface area contributed by atoms with Crippen molar-refractivity contribution in [2.24, 2.45) is 0 Å². The first-order chi connectivity index (χ1) is 31.7. The third-order valence-corrected chi connectivity index (χ3v) is 14.8. The van der Waals surface area contributed by atoms with Crippen LogP contribution in [0, 0.1) is 0 Å². The standard InChI is InChI=1S/C60H35N3S/c1-3-13-36(14-4-1)53-35-54(37-15-5-2-6-16-37)62-58(61-53)42-25-28-44-41(31-42)24-23-38-27-30-55-57(56(38)44)63-59(64-55)43-26-29-47-45-19-9-11-21-49(45)60(51(47)34-43)50-22-12-10-20-46(50)48-32-39-17-7-8-18-40(39)33-52(48)60/h1-35H. The third kappa shape index (κ3) is 5.06. The second-order valence-electron chi connectivity index (χ2n) is 17.1. The fourth-order valence-electron chi connectivity index (χ4n) is 10.8. The number of aromatic nitrogens is 3. The predicted octanol–water partition coefficient (Wildman–Crippen LogP) is 15.6. The van der Waals surface area contributed by atoms with Crippen LogP contribution in [0.25, 0.3) is 109 Å². The van der Waals surface area contributed by atoms with E-state index in [9.17, 15) is 0 Å². The quantitative estimate of drug-likeness (QED) is 0.166. The molecule has 296 valence electrons. The number of hydrogen-bond acceptors (Lipinski definition) is 4. The van der Waals surface area contributed by atoms with E-state index in [1.807, 2.05) is 12.1 Å². The molecule has 1 unspecified atom stereocenters. The summed E-state index contributed by atoms with van der Waals surface area (Å²) in [7, 11) is 0. The summed E-state index contributed by atoms with van der Waals surface area (Å²) < 4.78 is 1.17. The summed E-state index contributed by atoms with van der Waals surface area (Å²) in [5, 5.41) is 8.19. The van der Waals surface area contributed by atoms with Crippen LogP contribution in [0.2, 0.25) is 0 Å². The van der Waals surface area contributed by atoms with Crippen molar-refractivity contribution in [1.82, 2.24) is 15.0 Å². The Kier molecular flexibility index (Phi) is 7.48. The second-order valence-corrected chi connectivity index (χ2v) is 18.1. The molecule has 0 saturated carbocycles. The summed E-state index contributed by atoms with van der Waals surface area (Å²) in [6, 6.07) is 77.2. The Balaban J connectivity index is 0.930. The molecule has 2 heterocycles. The molecule has 0 amide bonds. The zero-order valence-corrected chi connectivity index (χ0v) is 35.3. The summed E-state index contributed by atoms with van der Waals surface area (Å²) in [6.45, 7) is 0. The first-order valence-corrected chi connectivity index (χ1v) is 22.6. The minimum Gasteiger partial charge on any atom is -0.235 e. The summed E-state index contributed by atoms with van der Waals surface area (Å²) in [5.74, 6) is 0.702. The Morgan fingerprint density at radius 1 is 0.344 bits per heavy atom. The molecule has 14 rings (SSSR count). The molecule has 0 aliphatic heterocycles. The van der Waals surface area contributed by atoms with Gasteiger partial charge in [-0.15, -0.1) is 11.3 Å². The van der Waals surface area contributed by atoms with Gasteiger partial charge in [0.05, 0.1) is 27.0 Å². The van der Waals surface area contributed by atoms with Crippen molar-refractivity contribution in [1.29, 1.82) is 0 Å². The molecule has 10 aromatic carbocycles. The lowest BCUT2D eigenvalue weighted by atomic mass is 9.70. The third-order valence-electron chi connectivity index (χ3n) is 13.7. The second kappa shape index (κ2) is 13.5. The van der Waals surface area contributed by atoms with E-state index in [2.05, 4.69) is 200 Å². The Labute approximate surface area is 373 Å². The van der Waals surface area contributed by atoms with Crippen molar-refractivity contribution in [3.63, 3.8) is 0 Å². The van der Waals surface area contributed by atoms with E-state index in [4.69, 9.17) is 15.0 Å². The highest BCUT2D eigenvalue weighted by atomic mass is 32.1. The van der Waals surface area contributed by atoms with E-state index in [0.717, 1.165) is 49.6 Å². The van der Waals surface area contributed by atoms with Crippen molar-refractivity contribution in [3.8, 4) is 66.7 Å². The van der Waals surface area contributed by atoms with Crippen LogP contribution in [0.5, 0.6) is 0 Å². The minimum absolute atomic E-state index is 0.443. The zero-order valence-electron chi connectivity index (χ0n) is 34.5. The van der Waals surface area contributed by atoms with Gasteiger partial charge in [-0.25, -0.2) is 15.0 Å². The van der Waals surface area contributed by atoms with Crippen LogP contribution >= 0.6 is 11.3 Å². The number of nitrogens with zero attached hydrogens (tertiary/aromatic N) is 3. The summed E-state index contributed by atoms with van der Waals surface area (Å²) in [5.41, 5.74) is 17.2. The molecule has 0 N–H and O–H groups in total. The van der Waals surface area contributed by atoms with Gasteiger partial charge in [0.2, 0.25) is 0 Å². The first-order valence-electron chi connectivity index (χ1n) is 21.8. The maximum atomic E-state index is 5.55. The minimum atomic E-state index is -0.443. The highest BCUT2D eigenvalue weighted by Gasteiger charge is 2.51. The molecule has 2 aliphatic carbocycles. The highest BCUT2D eigenvalue weighted by Crippen LogP contribution is 2.63. The van der Waals surface area contributed by atoms with Crippen LogP contribution in [0.3, 0.4) is 0 Å². The molecule has 1 atom stereocenters. The van der Waals surface area contributed by atoms with E-state index < -0.39 is 5.41 Å². The Bertz CT molecular complexity index is 3850. The average Bonchev–Trinajstić information content (AvgIpc) is 4.03. The van der Waals surface area contributed by atoms with E-state index >= 15 is 0 Å². The molecule has 0 radical (unpaired) electrons. The topological polar surface area (TPSA) is 38.7 Å². The molecule has 4 heteroatoms. The van der Waals surface area contributed by atoms with Crippen molar-refractivity contribution in [3.05, 3.63) is 235 Å². The van der Waals surface area contributed by atoms with Gasteiger partial charge in [-0.3, -0.25) is 0 Å². The van der Waals surface area contributed by atoms with Gasteiger partial charge in [0.1, 0.15) is 5.01 Å². The van der Waals surface area contributed by atoms with E-state index in [0.29, 0.717) is 5.82 Å². The normalized spacial score (nSPS) is 14.6. The maximum absolute atomic E-state index is 5.55. The fraction of sp³-hybridized carbons (Fsp3) is 0.0167. The smallest absolute Gasteiger partial charge is 0.160 e. The van der Waals surface area contributed by atoms with Crippen LogP contribution < -0.4 is 0 Å². The van der Waals surface area contributed by atoms with Crippen LogP contribution in [0.1, 0.15) is 22.3 Å². The van der Waals surface area contributed by atoms with Gasteiger partial charge in [-0.05, 0) is 108 Å². The SMILES string of the molecule is c1ccc(-c2cc(-c3ccccc3)nc(-c3ccc4c(ccc5ccc6sc(-c7ccc8c(c7)C7(c9ccccc9-8)c8ccccc8-c8cc9ccccc9cc87)nc6c54)c3)n2)cc1. The average molecular weight is 830 g/mol. The molecule has 1 spiro atoms. The molecule has 0 saturated heterocycles. The lowest BCUT2D eigenvalue weighted by Crippen LogP contribution is -2.25. The van der Waals surface area contributed by atoms with Crippen LogP contribution in [-0.2, 0) is 5.41 Å². The molecular formula is C60H35N3S. The fourth-order valence-corrected chi connectivity index (χ4v) is 11.8. The van der Waals surface area contributed by atoms with Gasteiger partial charge in [0.25, 0.3) is 0 Å². The number of benzene rings is 10. The zero-order chi connectivity index (χ0) is 41.9. The Hall–Kier alpha value is -8.05. The molecule has 0 fully saturated rings. The molecule has 3 nitrogen and oxygen atoms in total. The Morgan fingerprint density at radius 2 is 0.922 bits per heavy atom. The van der Waals surface area contributed by atoms with Crippen molar-refractivity contribution in [2.45, 2.75) is 5.41 Å². The number of rotatable bonds is 4. The molecule has 64 heavy (non-hydrogen) atoms. The van der Waals surface area contributed by atoms with Gasteiger partial charge in [0, 0.05) is 27.6 Å². The molecule has 12 aromatic rings. The molecule has 0 bridgehead atoms. The summed E-state index contributed by atoms with van der Waals surface area (Å²) >= 11 is 1.78. The van der Waals surface area contributed by atoms with Gasteiger partial charge in [-0.2, -0.15) is 0 Å². The van der Waals surface area contributed by atoms with Crippen molar-refractivity contribution >= 4 is 53.9 Å². The predicted molar refractivity (Wildman–Crippen MR) is 266 cm³/mol. The lowest BCUT2D eigenvalue weighted by Gasteiger charge is -2.30. The highest BCUT2D eigenvalue weighted by molar-refractivity contribution is 7.21. The monoisotopic (exact) mass is 829 g/mol. The van der Waals surface area contributed by atoms with Crippen LogP contribution in [0.4, 0.5) is 0 Å².